The number of benzene rings is 2. The van der Waals surface area contributed by atoms with Gasteiger partial charge < -0.3 is 14.3 Å². The highest BCUT2D eigenvalue weighted by molar-refractivity contribution is 6.06. The smallest absolute Gasteiger partial charge is 0.280 e. The molecule has 1 aliphatic rings. The highest BCUT2D eigenvalue weighted by Crippen LogP contribution is 2.42. The summed E-state index contributed by atoms with van der Waals surface area (Å²) in [5.41, 5.74) is 2.91. The lowest BCUT2D eigenvalue weighted by atomic mass is 9.89. The van der Waals surface area contributed by atoms with Crippen LogP contribution in [-0.2, 0) is 4.79 Å². The number of aryl methyl sites for hydroxylation is 1. The Morgan fingerprint density at radius 2 is 1.83 bits per heavy atom. The van der Waals surface area contributed by atoms with Crippen molar-refractivity contribution in [2.45, 2.75) is 45.7 Å². The summed E-state index contributed by atoms with van der Waals surface area (Å²) in [6, 6.07) is 18.9. The third kappa shape index (κ3) is 3.49. The number of aromatic nitrogens is 1. The molecule has 4 rings (SSSR count). The van der Waals surface area contributed by atoms with Crippen LogP contribution < -0.4 is 9.80 Å². The van der Waals surface area contributed by atoms with Crippen molar-refractivity contribution in [1.29, 1.82) is 0 Å². The summed E-state index contributed by atoms with van der Waals surface area (Å²) in [5, 5.41) is 3.91. The maximum absolute atomic E-state index is 13.2. The number of carbonyl (C=O) groups excluding carboxylic acids is 2. The van der Waals surface area contributed by atoms with E-state index in [1.807, 2.05) is 73.3 Å². The van der Waals surface area contributed by atoms with Gasteiger partial charge in [-0.15, -0.1) is 0 Å². The molecule has 0 saturated carbocycles. The Balaban J connectivity index is 1.79. The molecule has 154 valence electrons. The van der Waals surface area contributed by atoms with Crippen LogP contribution >= 0.6 is 0 Å². The summed E-state index contributed by atoms with van der Waals surface area (Å²) >= 11 is 0. The molecular formula is C24H25N3O3. The summed E-state index contributed by atoms with van der Waals surface area (Å²) in [6.07, 6.45) is 1.03. The van der Waals surface area contributed by atoms with E-state index in [2.05, 4.69) is 5.16 Å². The molecule has 0 bridgehead atoms. The molecule has 2 aromatic carbocycles. The van der Waals surface area contributed by atoms with Gasteiger partial charge in [0.05, 0.1) is 6.04 Å². The quantitative estimate of drug-likeness (QED) is 0.621. The van der Waals surface area contributed by atoms with E-state index in [0.29, 0.717) is 18.6 Å². The number of rotatable bonds is 4. The van der Waals surface area contributed by atoms with Gasteiger partial charge in [0.1, 0.15) is 5.76 Å². The van der Waals surface area contributed by atoms with Crippen molar-refractivity contribution < 1.29 is 14.1 Å². The van der Waals surface area contributed by atoms with Crippen LogP contribution in [0.2, 0.25) is 0 Å². The maximum atomic E-state index is 13.2. The van der Waals surface area contributed by atoms with Gasteiger partial charge in [-0.05, 0) is 44.0 Å². The zero-order chi connectivity index (χ0) is 21.3. The van der Waals surface area contributed by atoms with E-state index >= 15 is 0 Å². The van der Waals surface area contributed by atoms with Crippen molar-refractivity contribution in [3.8, 4) is 0 Å². The third-order valence-electron chi connectivity index (χ3n) is 5.54. The van der Waals surface area contributed by atoms with E-state index < -0.39 is 0 Å². The van der Waals surface area contributed by atoms with Gasteiger partial charge in [0, 0.05) is 29.9 Å². The summed E-state index contributed by atoms with van der Waals surface area (Å²) in [7, 11) is 0. The summed E-state index contributed by atoms with van der Waals surface area (Å²) in [6.45, 7) is 5.65. The van der Waals surface area contributed by atoms with E-state index in [4.69, 9.17) is 4.52 Å². The SMILES string of the molecule is CCC(=O)N(c1ccccc1)[C@H]1CC(C)N(C(=O)c2cc(C)on2)c2ccccc21. The number of para-hydroxylation sites is 2. The molecule has 6 heteroatoms. The molecule has 2 atom stereocenters. The first-order valence-electron chi connectivity index (χ1n) is 10.2. The lowest BCUT2D eigenvalue weighted by Gasteiger charge is -2.43. The largest absolute Gasteiger partial charge is 0.361 e. The summed E-state index contributed by atoms with van der Waals surface area (Å²) < 4.78 is 5.11. The zero-order valence-corrected chi connectivity index (χ0v) is 17.4. The first kappa shape index (κ1) is 19.9. The fraction of sp³-hybridized carbons (Fsp3) is 0.292. The number of hydrogen-bond donors (Lipinski definition) is 0. The monoisotopic (exact) mass is 403 g/mol. The number of nitrogens with zero attached hydrogens (tertiary/aromatic N) is 3. The standard InChI is InChI=1S/C24H25N3O3/c1-4-23(28)27(18-10-6-5-7-11-18)22-14-16(2)26(21-13-9-8-12-19(21)22)24(29)20-15-17(3)30-25-20/h5-13,15-16,22H,4,14H2,1-3H3/t16?,22-/m0/s1. The van der Waals surface area contributed by atoms with Crippen molar-refractivity contribution in [3.63, 3.8) is 0 Å². The Hall–Kier alpha value is -3.41. The lowest BCUT2D eigenvalue weighted by Crippen LogP contribution is -2.47. The molecule has 1 aromatic heterocycles. The summed E-state index contributed by atoms with van der Waals surface area (Å²) in [4.78, 5) is 29.9. The van der Waals surface area contributed by atoms with Gasteiger partial charge in [0.15, 0.2) is 5.69 Å². The van der Waals surface area contributed by atoms with Crippen LogP contribution in [0.1, 0.15) is 54.5 Å². The van der Waals surface area contributed by atoms with Crippen molar-refractivity contribution in [1.82, 2.24) is 5.16 Å². The van der Waals surface area contributed by atoms with Crippen molar-refractivity contribution >= 4 is 23.2 Å². The van der Waals surface area contributed by atoms with Crippen molar-refractivity contribution in [2.75, 3.05) is 9.80 Å². The molecule has 30 heavy (non-hydrogen) atoms. The van der Waals surface area contributed by atoms with Crippen molar-refractivity contribution in [2.24, 2.45) is 0 Å². The number of amides is 2. The van der Waals surface area contributed by atoms with Crippen LogP contribution in [0.15, 0.2) is 65.2 Å². The first-order valence-corrected chi connectivity index (χ1v) is 10.2. The van der Waals surface area contributed by atoms with Gasteiger partial charge in [-0.25, -0.2) is 0 Å². The molecule has 3 aromatic rings. The Labute approximate surface area is 176 Å². The molecule has 1 unspecified atom stereocenters. The van der Waals surface area contributed by atoms with Crippen LogP contribution in [0, 0.1) is 6.92 Å². The highest BCUT2D eigenvalue weighted by atomic mass is 16.5. The number of carbonyl (C=O) groups is 2. The van der Waals surface area contributed by atoms with Crippen LogP contribution in [0.3, 0.4) is 0 Å². The second kappa shape index (κ2) is 8.14. The van der Waals surface area contributed by atoms with E-state index in [9.17, 15) is 9.59 Å². The number of anilines is 2. The van der Waals surface area contributed by atoms with Crippen LogP contribution in [-0.4, -0.2) is 23.0 Å². The first-order chi connectivity index (χ1) is 14.5. The second-order valence-corrected chi connectivity index (χ2v) is 7.61. The normalized spacial score (nSPS) is 18.0. The molecule has 1 aliphatic heterocycles. The molecule has 2 heterocycles. The number of hydrogen-bond acceptors (Lipinski definition) is 4. The highest BCUT2D eigenvalue weighted by Gasteiger charge is 2.39. The Morgan fingerprint density at radius 1 is 1.13 bits per heavy atom. The van der Waals surface area contributed by atoms with Gasteiger partial charge >= 0.3 is 0 Å². The van der Waals surface area contributed by atoms with E-state index in [-0.39, 0.29) is 29.6 Å². The average Bonchev–Trinajstić information content (AvgIpc) is 3.20. The lowest BCUT2D eigenvalue weighted by molar-refractivity contribution is -0.118. The van der Waals surface area contributed by atoms with Crippen LogP contribution in [0.5, 0.6) is 0 Å². The van der Waals surface area contributed by atoms with Gasteiger partial charge in [0.25, 0.3) is 5.91 Å². The van der Waals surface area contributed by atoms with Crippen molar-refractivity contribution in [3.05, 3.63) is 77.7 Å². The number of fused-ring (bicyclic) bond motifs is 1. The molecule has 0 saturated heterocycles. The Morgan fingerprint density at radius 3 is 2.50 bits per heavy atom. The molecule has 0 fully saturated rings. The molecule has 0 N–H and O–H groups in total. The molecule has 6 nitrogen and oxygen atoms in total. The minimum absolute atomic E-state index is 0.0557. The van der Waals surface area contributed by atoms with E-state index in [1.54, 1.807) is 17.9 Å². The molecule has 0 aliphatic carbocycles. The molecule has 0 spiro atoms. The van der Waals surface area contributed by atoms with Crippen LogP contribution in [0.4, 0.5) is 11.4 Å². The van der Waals surface area contributed by atoms with E-state index in [1.165, 1.54) is 0 Å². The molecular weight excluding hydrogens is 378 g/mol. The second-order valence-electron chi connectivity index (χ2n) is 7.61. The fourth-order valence-corrected chi connectivity index (χ4v) is 4.18. The average molecular weight is 403 g/mol. The fourth-order valence-electron chi connectivity index (χ4n) is 4.18. The predicted molar refractivity (Wildman–Crippen MR) is 116 cm³/mol. The van der Waals surface area contributed by atoms with Gasteiger partial charge in [0.2, 0.25) is 5.91 Å². The Kier molecular flexibility index (Phi) is 5.40. The van der Waals surface area contributed by atoms with Crippen LogP contribution in [0.25, 0.3) is 0 Å². The summed E-state index contributed by atoms with van der Waals surface area (Å²) in [5.74, 6) is 0.455. The van der Waals surface area contributed by atoms with E-state index in [0.717, 1.165) is 16.9 Å². The van der Waals surface area contributed by atoms with Gasteiger partial charge in [-0.3, -0.25) is 9.59 Å². The minimum atomic E-state index is -0.196. The maximum Gasteiger partial charge on any atom is 0.280 e. The van der Waals surface area contributed by atoms with Gasteiger partial charge in [-0.2, -0.15) is 0 Å². The molecule has 2 amide bonds. The predicted octanol–water partition coefficient (Wildman–Crippen LogP) is 4.91. The zero-order valence-electron chi connectivity index (χ0n) is 17.4. The Bertz CT molecular complexity index is 1060. The third-order valence-corrected chi connectivity index (χ3v) is 5.54. The molecule has 0 radical (unpaired) electrons. The minimum Gasteiger partial charge on any atom is -0.361 e. The van der Waals surface area contributed by atoms with Gasteiger partial charge in [-0.1, -0.05) is 48.5 Å². The topological polar surface area (TPSA) is 66.7 Å².